The molecule has 0 aromatic heterocycles. The molecule has 2 atom stereocenters. The van der Waals surface area contributed by atoms with E-state index in [1.807, 2.05) is 18.2 Å². The van der Waals surface area contributed by atoms with Crippen LogP contribution < -0.4 is 0 Å². The predicted molar refractivity (Wildman–Crippen MR) is 99.6 cm³/mol. The van der Waals surface area contributed by atoms with E-state index in [9.17, 15) is 23.1 Å². The molecule has 1 unspecified atom stereocenters. The highest BCUT2D eigenvalue weighted by molar-refractivity contribution is 6.01. The van der Waals surface area contributed by atoms with Gasteiger partial charge in [-0.3, -0.25) is 0 Å². The van der Waals surface area contributed by atoms with Crippen LogP contribution in [0.15, 0.2) is 53.7 Å². The Hall–Kier alpha value is -2.87. The molecular weight excluding hydrogens is 387 g/mol. The minimum atomic E-state index is -4.38. The summed E-state index contributed by atoms with van der Waals surface area (Å²) in [6.45, 7) is 2.03. The minimum Gasteiger partial charge on any atom is -0.479 e. The lowest BCUT2D eigenvalue weighted by Gasteiger charge is -2.13. The van der Waals surface area contributed by atoms with Gasteiger partial charge in [0.05, 0.1) is 11.3 Å². The van der Waals surface area contributed by atoms with Gasteiger partial charge in [0.1, 0.15) is 0 Å². The highest BCUT2D eigenvalue weighted by Gasteiger charge is 2.31. The number of aliphatic carboxylic acids is 1. The average molecular weight is 407 g/mol. The summed E-state index contributed by atoms with van der Waals surface area (Å²) >= 11 is 0. The van der Waals surface area contributed by atoms with Gasteiger partial charge in [0, 0.05) is 19.4 Å². The predicted octanol–water partition coefficient (Wildman–Crippen LogP) is 4.60. The third-order valence-corrected chi connectivity index (χ3v) is 4.60. The van der Waals surface area contributed by atoms with E-state index in [-0.39, 0.29) is 6.42 Å². The number of alkyl halides is 3. The quantitative estimate of drug-likeness (QED) is 0.728. The van der Waals surface area contributed by atoms with Crippen molar-refractivity contribution >= 4 is 11.7 Å². The summed E-state index contributed by atoms with van der Waals surface area (Å²) in [6.07, 6.45) is -5.16. The summed E-state index contributed by atoms with van der Waals surface area (Å²) < 4.78 is 43.4. The molecule has 0 spiro atoms. The average Bonchev–Trinajstić information content (AvgIpc) is 3.17. The zero-order valence-electron chi connectivity index (χ0n) is 15.6. The number of carbonyl (C=O) groups is 1. The Bertz CT molecular complexity index is 894. The Labute approximate surface area is 165 Å². The van der Waals surface area contributed by atoms with Crippen LogP contribution in [0.4, 0.5) is 13.2 Å². The summed E-state index contributed by atoms with van der Waals surface area (Å²) in [7, 11) is 0. The number of nitrogens with zero attached hydrogens (tertiary/aromatic N) is 1. The van der Waals surface area contributed by atoms with Gasteiger partial charge in [-0.1, -0.05) is 35.5 Å². The van der Waals surface area contributed by atoms with E-state index in [0.717, 1.165) is 23.3 Å². The molecule has 0 radical (unpaired) electrons. The number of carboxylic acid groups (broad SMARTS) is 1. The molecule has 154 valence electrons. The molecule has 0 amide bonds. The van der Waals surface area contributed by atoms with Gasteiger partial charge in [-0.15, -0.1) is 0 Å². The van der Waals surface area contributed by atoms with Crippen molar-refractivity contribution in [3.05, 3.63) is 70.8 Å². The van der Waals surface area contributed by atoms with E-state index in [4.69, 9.17) is 9.57 Å². The molecule has 0 bridgehead atoms. The van der Waals surface area contributed by atoms with Gasteiger partial charge in [-0.2, -0.15) is 13.2 Å². The van der Waals surface area contributed by atoms with Gasteiger partial charge >= 0.3 is 12.1 Å². The Morgan fingerprint density at radius 3 is 2.62 bits per heavy atom. The van der Waals surface area contributed by atoms with Gasteiger partial charge in [0.25, 0.3) is 0 Å². The Balaban J connectivity index is 1.69. The molecule has 1 heterocycles. The lowest BCUT2D eigenvalue weighted by molar-refractivity contribution is -0.150. The largest absolute Gasteiger partial charge is 0.479 e. The van der Waals surface area contributed by atoms with Crippen molar-refractivity contribution in [1.82, 2.24) is 0 Å². The van der Waals surface area contributed by atoms with Crippen molar-refractivity contribution in [3.8, 4) is 0 Å². The summed E-state index contributed by atoms with van der Waals surface area (Å²) in [5.41, 5.74) is 2.10. The van der Waals surface area contributed by atoms with Crippen LogP contribution in [0.1, 0.15) is 41.7 Å². The number of benzene rings is 2. The number of oxime groups is 1. The Morgan fingerprint density at radius 1 is 1.28 bits per heavy atom. The molecule has 5 nitrogen and oxygen atoms in total. The van der Waals surface area contributed by atoms with Gasteiger partial charge < -0.3 is 14.7 Å². The second kappa shape index (κ2) is 8.65. The third-order valence-electron chi connectivity index (χ3n) is 4.60. The van der Waals surface area contributed by atoms with E-state index in [1.54, 1.807) is 13.0 Å². The molecule has 0 fully saturated rings. The first-order valence-corrected chi connectivity index (χ1v) is 9.11. The molecule has 0 aliphatic carbocycles. The van der Waals surface area contributed by atoms with E-state index >= 15 is 0 Å². The molecule has 1 N–H and O–H groups in total. The molecule has 2 aromatic rings. The fraction of sp³-hybridized carbons (Fsp3) is 0.333. The van der Waals surface area contributed by atoms with E-state index in [0.29, 0.717) is 24.3 Å². The molecule has 29 heavy (non-hydrogen) atoms. The second-order valence-electron chi connectivity index (χ2n) is 6.64. The van der Waals surface area contributed by atoms with Crippen LogP contribution in [-0.2, 0) is 27.0 Å². The summed E-state index contributed by atoms with van der Waals surface area (Å²) in [5, 5.41) is 13.3. The normalized spacial score (nSPS) is 17.5. The first kappa shape index (κ1) is 20.9. The monoisotopic (exact) mass is 407 g/mol. The van der Waals surface area contributed by atoms with Gasteiger partial charge in [0.15, 0.2) is 12.2 Å². The van der Waals surface area contributed by atoms with Crippen molar-refractivity contribution < 1.29 is 32.6 Å². The van der Waals surface area contributed by atoms with Crippen LogP contribution in [0.5, 0.6) is 0 Å². The van der Waals surface area contributed by atoms with Crippen molar-refractivity contribution in [3.63, 3.8) is 0 Å². The molecule has 2 aromatic carbocycles. The van der Waals surface area contributed by atoms with Crippen molar-refractivity contribution in [2.24, 2.45) is 5.16 Å². The molecule has 3 rings (SSSR count). The molecule has 1 aliphatic heterocycles. The first-order chi connectivity index (χ1) is 13.8. The van der Waals surface area contributed by atoms with Crippen LogP contribution in [0.25, 0.3) is 0 Å². The van der Waals surface area contributed by atoms with Crippen molar-refractivity contribution in [2.45, 2.75) is 38.1 Å². The second-order valence-corrected chi connectivity index (χ2v) is 6.64. The highest BCUT2D eigenvalue weighted by atomic mass is 19.4. The maximum absolute atomic E-state index is 12.7. The van der Waals surface area contributed by atoms with Crippen molar-refractivity contribution in [2.75, 3.05) is 6.61 Å². The fourth-order valence-corrected chi connectivity index (χ4v) is 3.12. The van der Waals surface area contributed by atoms with Crippen LogP contribution in [0, 0.1) is 0 Å². The summed E-state index contributed by atoms with van der Waals surface area (Å²) in [4.78, 5) is 16.7. The maximum atomic E-state index is 12.7. The number of halogens is 3. The topological polar surface area (TPSA) is 68.1 Å². The molecule has 0 saturated heterocycles. The SMILES string of the molecule is CCO[C@H](Cc1cccc(C2=NOC(c3ccc(C(F)(F)F)cc3)C2)c1)C(=O)O. The van der Waals surface area contributed by atoms with E-state index < -0.39 is 29.9 Å². The number of rotatable bonds is 7. The van der Waals surface area contributed by atoms with E-state index in [1.165, 1.54) is 12.1 Å². The maximum Gasteiger partial charge on any atom is 0.416 e. The van der Waals surface area contributed by atoms with Crippen LogP contribution >= 0.6 is 0 Å². The summed E-state index contributed by atoms with van der Waals surface area (Å²) in [6, 6.07) is 12.1. The van der Waals surface area contributed by atoms with Gasteiger partial charge in [0.2, 0.25) is 0 Å². The zero-order valence-corrected chi connectivity index (χ0v) is 15.6. The number of hydrogen-bond donors (Lipinski definition) is 1. The molecule has 8 heteroatoms. The minimum absolute atomic E-state index is 0.216. The summed E-state index contributed by atoms with van der Waals surface area (Å²) in [5.74, 6) is -1.03. The van der Waals surface area contributed by atoms with Crippen LogP contribution in [0.2, 0.25) is 0 Å². The lowest BCUT2D eigenvalue weighted by Crippen LogP contribution is -2.26. The molecule has 1 aliphatic rings. The number of hydrogen-bond acceptors (Lipinski definition) is 4. The lowest BCUT2D eigenvalue weighted by atomic mass is 9.97. The zero-order chi connectivity index (χ0) is 21.0. The van der Waals surface area contributed by atoms with Gasteiger partial charge in [-0.05, 0) is 41.8 Å². The first-order valence-electron chi connectivity index (χ1n) is 9.11. The van der Waals surface area contributed by atoms with Crippen LogP contribution in [-0.4, -0.2) is 29.5 Å². The molecule has 0 saturated carbocycles. The Kier molecular flexibility index (Phi) is 6.22. The van der Waals surface area contributed by atoms with E-state index in [2.05, 4.69) is 5.16 Å². The number of carboxylic acids is 1. The fourth-order valence-electron chi connectivity index (χ4n) is 3.12. The van der Waals surface area contributed by atoms with Crippen LogP contribution in [0.3, 0.4) is 0 Å². The number of ether oxygens (including phenoxy) is 1. The standard InChI is InChI=1S/C21H20F3NO4/c1-2-28-19(20(26)27)11-13-4-3-5-15(10-13)17-12-18(29-25-17)14-6-8-16(9-7-14)21(22,23)24/h3-10,18-19H,2,11-12H2,1H3,(H,26,27)/t18?,19-/m1/s1. The molecular formula is C21H20F3NO4. The third kappa shape index (κ3) is 5.14. The van der Waals surface area contributed by atoms with Crippen molar-refractivity contribution in [1.29, 1.82) is 0 Å². The van der Waals surface area contributed by atoms with Gasteiger partial charge in [-0.25, -0.2) is 4.79 Å². The smallest absolute Gasteiger partial charge is 0.416 e. The highest BCUT2D eigenvalue weighted by Crippen LogP contribution is 2.33. The Morgan fingerprint density at radius 2 is 2.00 bits per heavy atom.